The summed E-state index contributed by atoms with van der Waals surface area (Å²) in [5, 5.41) is 66.6. The van der Waals surface area contributed by atoms with E-state index in [4.69, 9.17) is 28.5 Å². The minimum Gasteiger partial charge on any atom is -0.458 e. The van der Waals surface area contributed by atoms with Crippen molar-refractivity contribution in [2.75, 3.05) is 26.4 Å². The molecule has 2 aromatic rings. The van der Waals surface area contributed by atoms with Gasteiger partial charge in [0.25, 0.3) is 0 Å². The van der Waals surface area contributed by atoms with E-state index in [9.17, 15) is 45.0 Å². The highest BCUT2D eigenvalue weighted by Crippen LogP contribution is 2.58. The number of esters is 1. The maximum Gasteiger partial charge on any atom is 0.327 e. The van der Waals surface area contributed by atoms with Crippen LogP contribution in [0.5, 0.6) is 0 Å². The summed E-state index contributed by atoms with van der Waals surface area (Å²) in [7, 11) is 0. The number of aliphatic hydroxyl groups excluding tert-OH is 6. The molecule has 18 nitrogen and oxygen atoms in total. The number of carbonyl (C=O) groups excluding carboxylic acids is 3. The summed E-state index contributed by atoms with van der Waals surface area (Å²) in [5.74, 6) is -3.26. The molecule has 2 aromatic carbocycles. The molecule has 0 aromatic heterocycles. The zero-order valence-corrected chi connectivity index (χ0v) is 31.7. The van der Waals surface area contributed by atoms with Gasteiger partial charge in [0.1, 0.15) is 60.3 Å². The molecule has 1 spiro atoms. The Morgan fingerprint density at radius 1 is 1.00 bits per heavy atom. The molecule has 0 radical (unpaired) electrons. The Hall–Kier alpha value is -3.89. The number of benzene rings is 2. The Bertz CT molecular complexity index is 1870. The van der Waals surface area contributed by atoms with E-state index in [0.717, 1.165) is 11.1 Å². The molecule has 8 N–H and O–H groups in total. The monoisotopic (exact) mass is 811 g/mol. The number of aliphatic hydroxyl groups is 6. The average molecular weight is 812 g/mol. The second-order valence-corrected chi connectivity index (χ2v) is 15.8. The largest absolute Gasteiger partial charge is 0.458 e. The number of fused-ring (bicyclic) bond motifs is 5. The molecule has 2 bridgehead atoms. The predicted molar refractivity (Wildman–Crippen MR) is 196 cm³/mol. The third kappa shape index (κ3) is 7.14. The summed E-state index contributed by atoms with van der Waals surface area (Å²) < 4.78 is 30.6. The van der Waals surface area contributed by atoms with Crippen molar-refractivity contribution in [2.24, 2.45) is 5.41 Å². The van der Waals surface area contributed by atoms with Crippen LogP contribution in [0.4, 0.5) is 0 Å². The van der Waals surface area contributed by atoms with Gasteiger partial charge in [0.2, 0.25) is 11.8 Å². The van der Waals surface area contributed by atoms with Gasteiger partial charge in [-0.25, -0.2) is 0 Å². The summed E-state index contributed by atoms with van der Waals surface area (Å²) in [4.78, 5) is 48.8. The van der Waals surface area contributed by atoms with Gasteiger partial charge in [-0.2, -0.15) is 5.06 Å². The molecule has 4 saturated heterocycles. The molecule has 2 amide bonds. The molecule has 4 aliphatic heterocycles. The van der Waals surface area contributed by atoms with Gasteiger partial charge in [0.05, 0.1) is 32.5 Å². The highest BCUT2D eigenvalue weighted by Gasteiger charge is 2.76. The van der Waals surface area contributed by atoms with Crippen LogP contribution in [0.15, 0.2) is 54.6 Å². The van der Waals surface area contributed by atoms with E-state index in [2.05, 4.69) is 10.6 Å². The fourth-order valence-corrected chi connectivity index (χ4v) is 9.27. The Labute approximate surface area is 333 Å². The van der Waals surface area contributed by atoms with Crippen LogP contribution in [-0.4, -0.2) is 159 Å². The van der Waals surface area contributed by atoms with Gasteiger partial charge in [0.15, 0.2) is 18.1 Å². The molecule has 0 unspecified atom stereocenters. The maximum absolute atomic E-state index is 14.8. The van der Waals surface area contributed by atoms with Crippen LogP contribution in [0, 0.1) is 5.41 Å². The lowest BCUT2D eigenvalue weighted by Crippen LogP contribution is -2.71. The highest BCUT2D eigenvalue weighted by molar-refractivity contribution is 5.96. The van der Waals surface area contributed by atoms with Gasteiger partial charge >= 0.3 is 5.97 Å². The quantitative estimate of drug-likeness (QED) is 0.0980. The normalized spacial score (nSPS) is 35.7. The van der Waals surface area contributed by atoms with E-state index in [1.807, 2.05) is 36.4 Å². The van der Waals surface area contributed by atoms with Crippen molar-refractivity contribution >= 4 is 23.9 Å². The number of hydrogen-bond donors (Lipinski definition) is 8. The fraction of sp³-hybridized carbons (Fsp3) is 0.575. The summed E-state index contributed by atoms with van der Waals surface area (Å²) in [6.45, 7) is 0.179. The van der Waals surface area contributed by atoms with Gasteiger partial charge in [0, 0.05) is 25.8 Å². The van der Waals surface area contributed by atoms with Crippen LogP contribution in [0.2, 0.25) is 0 Å². The molecular formula is C40H49N3O15. The molecule has 1 saturated carbocycles. The van der Waals surface area contributed by atoms with E-state index in [-0.39, 0.29) is 32.7 Å². The number of hydrogen-bond acceptors (Lipinski definition) is 16. The van der Waals surface area contributed by atoms with E-state index in [0.29, 0.717) is 24.0 Å². The molecular weight excluding hydrogens is 762 g/mol. The second-order valence-electron chi connectivity index (χ2n) is 15.8. The topological polar surface area (TPSA) is 255 Å². The summed E-state index contributed by atoms with van der Waals surface area (Å²) in [6.07, 6.45) is -7.88. The minimum absolute atomic E-state index is 0.0182. The van der Waals surface area contributed by atoms with Crippen molar-refractivity contribution < 1.29 is 73.5 Å². The van der Waals surface area contributed by atoms with Gasteiger partial charge in [-0.1, -0.05) is 60.7 Å². The molecule has 2 aliphatic carbocycles. The first-order chi connectivity index (χ1) is 27.9. The van der Waals surface area contributed by atoms with E-state index < -0.39 is 109 Å². The van der Waals surface area contributed by atoms with E-state index >= 15 is 0 Å². The number of hydroxylamine groups is 2. The first kappa shape index (κ1) is 40.9. The molecule has 314 valence electrons. The number of amides is 2. The lowest BCUT2D eigenvalue weighted by Gasteiger charge is -2.49. The van der Waals surface area contributed by atoms with Crippen LogP contribution in [0.25, 0.3) is 6.08 Å². The maximum atomic E-state index is 14.8. The minimum atomic E-state index is -1.66. The van der Waals surface area contributed by atoms with Crippen molar-refractivity contribution in [3.05, 3.63) is 76.9 Å². The summed E-state index contributed by atoms with van der Waals surface area (Å²) >= 11 is 0. The molecule has 5 fully saturated rings. The number of nitrogens with zero attached hydrogens (tertiary/aromatic N) is 1. The van der Waals surface area contributed by atoms with Gasteiger partial charge in [-0.15, -0.1) is 0 Å². The summed E-state index contributed by atoms with van der Waals surface area (Å²) in [5.41, 5.74) is 1.80. The SMILES string of the molecule is C[C@H](O)[C@@H](NC(=O)[C@@]12C[C@H]3OC(=O)[C@@H]1N(Cc1ccccc1C=CCO[C@H]1O[C@H](CO)[C@H](O)[C@H](O)[C@H]1O)O[C@@H]2[C@H]1OC2(Cc4ccccc4C2)O[C@H]13)C(=O)NCCO. The Balaban J connectivity index is 1.07. The first-order valence-corrected chi connectivity index (χ1v) is 19.5. The lowest BCUT2D eigenvalue weighted by molar-refractivity contribution is -0.298. The van der Waals surface area contributed by atoms with Crippen LogP contribution < -0.4 is 10.6 Å². The van der Waals surface area contributed by atoms with Crippen molar-refractivity contribution in [3.8, 4) is 0 Å². The van der Waals surface area contributed by atoms with Crippen molar-refractivity contribution in [3.63, 3.8) is 0 Å². The Morgan fingerprint density at radius 2 is 1.71 bits per heavy atom. The average Bonchev–Trinajstić information content (AvgIpc) is 3.89. The molecule has 6 aliphatic rings. The molecule has 18 heteroatoms. The van der Waals surface area contributed by atoms with Crippen molar-refractivity contribution in [2.45, 2.75) is 112 Å². The van der Waals surface area contributed by atoms with E-state index in [1.54, 1.807) is 24.3 Å². The van der Waals surface area contributed by atoms with Crippen molar-refractivity contribution in [1.82, 2.24) is 15.7 Å². The molecule has 13 atom stereocenters. The van der Waals surface area contributed by atoms with Gasteiger partial charge in [-0.05, 0) is 29.2 Å². The van der Waals surface area contributed by atoms with Gasteiger partial charge < -0.3 is 65.0 Å². The highest BCUT2D eigenvalue weighted by atomic mass is 16.8. The lowest BCUT2D eigenvalue weighted by atomic mass is 9.62. The zero-order valence-electron chi connectivity index (χ0n) is 31.7. The fourth-order valence-electron chi connectivity index (χ4n) is 9.27. The second kappa shape index (κ2) is 16.3. The predicted octanol–water partition coefficient (Wildman–Crippen LogP) is -2.43. The zero-order chi connectivity index (χ0) is 40.9. The van der Waals surface area contributed by atoms with Crippen molar-refractivity contribution in [1.29, 1.82) is 0 Å². The van der Waals surface area contributed by atoms with Crippen LogP contribution in [0.3, 0.4) is 0 Å². The van der Waals surface area contributed by atoms with Crippen LogP contribution in [-0.2, 0) is 62.3 Å². The third-order valence-corrected chi connectivity index (χ3v) is 12.1. The smallest absolute Gasteiger partial charge is 0.327 e. The van der Waals surface area contributed by atoms with E-state index in [1.165, 1.54) is 12.0 Å². The number of rotatable bonds is 13. The Morgan fingerprint density at radius 3 is 2.41 bits per heavy atom. The third-order valence-electron chi connectivity index (χ3n) is 12.1. The summed E-state index contributed by atoms with van der Waals surface area (Å²) in [6, 6.07) is 12.4. The number of ether oxygens (including phenoxy) is 5. The van der Waals surface area contributed by atoms with Crippen LogP contribution >= 0.6 is 0 Å². The first-order valence-electron chi connectivity index (χ1n) is 19.5. The Kier molecular flexibility index (Phi) is 11.5. The molecule has 4 heterocycles. The standard InChI is InChI=1S/C40H49N3O15/c1-20(46)27(35(50)41-12-13-44)42-38(52)40-17-25-31-32(57-39(56-31)15-22-8-3-4-9-23(22)16-39)34(40)58-43(33(40)36(51)54-25)18-24-10-5-2-7-21(24)11-6-14-53-37-30(49)29(48)28(47)26(19-45)55-37/h2-11,20,25-34,37,44-49H,12-19H2,1H3,(H,41,50)(H,42,52)/t20-,25+,26+,27+,28-,29-,30+,31-,32-,33-,34+,37-,40-/m0/s1. The molecule has 58 heavy (non-hydrogen) atoms. The molecule has 8 rings (SSSR count). The van der Waals surface area contributed by atoms with Gasteiger partial charge in [-0.3, -0.25) is 19.2 Å². The van der Waals surface area contributed by atoms with Crippen LogP contribution in [0.1, 0.15) is 35.6 Å². The number of nitrogens with one attached hydrogen (secondary N) is 2. The number of carbonyl (C=O) groups is 3.